The van der Waals surface area contributed by atoms with Gasteiger partial charge in [-0.15, -0.1) is 0 Å². The molecule has 28 heavy (non-hydrogen) atoms. The van der Waals surface area contributed by atoms with Crippen molar-refractivity contribution < 1.29 is 19.1 Å². The van der Waals surface area contributed by atoms with Gasteiger partial charge in [-0.1, -0.05) is 18.2 Å². The first-order chi connectivity index (χ1) is 13.4. The first-order valence-electron chi connectivity index (χ1n) is 9.21. The van der Waals surface area contributed by atoms with Gasteiger partial charge in [0.1, 0.15) is 6.17 Å². The number of para-hydroxylation sites is 1. The van der Waals surface area contributed by atoms with Gasteiger partial charge in [0.15, 0.2) is 17.6 Å². The first-order valence-corrected chi connectivity index (χ1v) is 9.21. The van der Waals surface area contributed by atoms with Crippen molar-refractivity contribution in [2.45, 2.75) is 26.1 Å². The zero-order valence-corrected chi connectivity index (χ0v) is 16.5. The maximum Gasteiger partial charge on any atom is 0.262 e. The van der Waals surface area contributed by atoms with Crippen molar-refractivity contribution in [3.63, 3.8) is 0 Å². The number of anilines is 1. The van der Waals surface area contributed by atoms with Crippen molar-refractivity contribution in [3.05, 3.63) is 53.6 Å². The summed E-state index contributed by atoms with van der Waals surface area (Å²) in [6, 6.07) is 12.8. The lowest BCUT2D eigenvalue weighted by molar-refractivity contribution is -0.135. The molecule has 2 N–H and O–H groups in total. The number of ether oxygens (including phenoxy) is 2. The second kappa shape index (κ2) is 8.21. The van der Waals surface area contributed by atoms with Crippen LogP contribution in [0.3, 0.4) is 0 Å². The predicted molar refractivity (Wildman–Crippen MR) is 107 cm³/mol. The Morgan fingerprint density at radius 2 is 1.89 bits per heavy atom. The number of amides is 2. The Hall–Kier alpha value is -3.22. The minimum atomic E-state index is -0.639. The maximum atomic E-state index is 12.4. The van der Waals surface area contributed by atoms with Gasteiger partial charge in [-0.25, -0.2) is 0 Å². The molecule has 0 fully saturated rings. The summed E-state index contributed by atoms with van der Waals surface area (Å²) in [7, 11) is 3.37. The summed E-state index contributed by atoms with van der Waals surface area (Å²) in [4.78, 5) is 26.0. The van der Waals surface area contributed by atoms with Crippen molar-refractivity contribution >= 4 is 17.5 Å². The Bertz CT molecular complexity index is 882. The van der Waals surface area contributed by atoms with Crippen LogP contribution in [0, 0.1) is 0 Å². The van der Waals surface area contributed by atoms with Gasteiger partial charge in [0.2, 0.25) is 0 Å². The van der Waals surface area contributed by atoms with E-state index in [0.29, 0.717) is 23.7 Å². The number of carbonyl (C=O) groups is 2. The largest absolute Gasteiger partial charge is 0.490 e. The number of rotatable bonds is 6. The van der Waals surface area contributed by atoms with E-state index in [1.165, 1.54) is 4.90 Å². The highest BCUT2D eigenvalue weighted by Gasteiger charge is 2.25. The molecule has 2 amide bonds. The Kier molecular flexibility index (Phi) is 5.73. The van der Waals surface area contributed by atoms with Crippen LogP contribution >= 0.6 is 0 Å². The van der Waals surface area contributed by atoms with Gasteiger partial charge >= 0.3 is 0 Å². The van der Waals surface area contributed by atoms with Gasteiger partial charge in [-0.3, -0.25) is 9.59 Å². The summed E-state index contributed by atoms with van der Waals surface area (Å²) in [5.74, 6) is 0.733. The Morgan fingerprint density at radius 1 is 1.14 bits per heavy atom. The molecule has 1 heterocycles. The van der Waals surface area contributed by atoms with E-state index in [1.54, 1.807) is 33.2 Å². The molecular formula is C21H25N3O4. The average Bonchev–Trinajstić information content (AvgIpc) is 2.68. The molecule has 0 aliphatic carbocycles. The molecule has 3 rings (SSSR count). The molecule has 0 aromatic heterocycles. The number of hydrogen-bond donors (Lipinski definition) is 2. The summed E-state index contributed by atoms with van der Waals surface area (Å²) in [6.07, 6.45) is -1.03. The van der Waals surface area contributed by atoms with E-state index in [2.05, 4.69) is 10.6 Å². The summed E-state index contributed by atoms with van der Waals surface area (Å²) in [6.45, 7) is 4.02. The zero-order valence-electron chi connectivity index (χ0n) is 16.5. The number of carbonyl (C=O) groups excluding carboxylic acids is 2. The minimum absolute atomic E-state index is 0.135. The standard InChI is InChI=1S/C21H25N3O4/c1-5-27-18-12-14(10-11-17(18)28-13(2)21(26)24(3)4)19-22-16-9-7-6-8-15(16)20(25)23-19/h6-13,19,22H,5H2,1-4H3,(H,23,25)/t13-,19-/m0/s1. The summed E-state index contributed by atoms with van der Waals surface area (Å²) >= 11 is 0. The molecule has 0 saturated carbocycles. The van der Waals surface area contributed by atoms with E-state index in [-0.39, 0.29) is 11.8 Å². The van der Waals surface area contributed by atoms with Gasteiger partial charge in [-0.2, -0.15) is 0 Å². The van der Waals surface area contributed by atoms with Crippen LogP contribution in [0.2, 0.25) is 0 Å². The van der Waals surface area contributed by atoms with E-state index < -0.39 is 12.3 Å². The number of fused-ring (bicyclic) bond motifs is 1. The fourth-order valence-corrected chi connectivity index (χ4v) is 3.05. The third-order valence-corrected chi connectivity index (χ3v) is 4.44. The second-order valence-electron chi connectivity index (χ2n) is 6.73. The molecule has 0 radical (unpaired) electrons. The van der Waals surface area contributed by atoms with Crippen LogP contribution in [-0.4, -0.2) is 43.5 Å². The lowest BCUT2D eigenvalue weighted by atomic mass is 10.1. The van der Waals surface area contributed by atoms with E-state index >= 15 is 0 Å². The van der Waals surface area contributed by atoms with Crippen LogP contribution in [0.5, 0.6) is 11.5 Å². The van der Waals surface area contributed by atoms with Gasteiger partial charge in [-0.05, 0) is 43.7 Å². The Morgan fingerprint density at radius 3 is 2.61 bits per heavy atom. The van der Waals surface area contributed by atoms with Gasteiger partial charge < -0.3 is 25.0 Å². The molecule has 0 unspecified atom stereocenters. The zero-order chi connectivity index (χ0) is 20.3. The SMILES string of the molecule is CCOc1cc([C@@H]2NC(=O)c3ccccc3N2)ccc1O[C@@H](C)C(=O)N(C)C. The van der Waals surface area contributed by atoms with Crippen molar-refractivity contribution in [3.8, 4) is 11.5 Å². The van der Waals surface area contributed by atoms with Crippen LogP contribution in [0.1, 0.15) is 35.9 Å². The molecule has 7 nitrogen and oxygen atoms in total. The van der Waals surface area contributed by atoms with E-state index in [1.807, 2.05) is 37.3 Å². The fourth-order valence-electron chi connectivity index (χ4n) is 3.05. The molecular weight excluding hydrogens is 358 g/mol. The molecule has 148 valence electrons. The lowest BCUT2D eigenvalue weighted by Gasteiger charge is -2.28. The van der Waals surface area contributed by atoms with Crippen molar-refractivity contribution in [1.82, 2.24) is 10.2 Å². The van der Waals surface area contributed by atoms with Crippen molar-refractivity contribution in [2.24, 2.45) is 0 Å². The molecule has 1 aliphatic rings. The number of likely N-dealkylation sites (N-methyl/N-ethyl adjacent to an activating group) is 1. The van der Waals surface area contributed by atoms with Crippen LogP contribution in [-0.2, 0) is 4.79 Å². The number of benzene rings is 2. The Balaban J connectivity index is 1.85. The monoisotopic (exact) mass is 383 g/mol. The van der Waals surface area contributed by atoms with Gasteiger partial charge in [0.25, 0.3) is 11.8 Å². The molecule has 1 aliphatic heterocycles. The molecule has 7 heteroatoms. The van der Waals surface area contributed by atoms with Crippen molar-refractivity contribution in [1.29, 1.82) is 0 Å². The van der Waals surface area contributed by atoms with Crippen LogP contribution in [0.15, 0.2) is 42.5 Å². The molecule has 0 spiro atoms. The molecule has 0 bridgehead atoms. The van der Waals surface area contributed by atoms with Gasteiger partial charge in [0, 0.05) is 19.8 Å². The highest BCUT2D eigenvalue weighted by molar-refractivity contribution is 6.01. The topological polar surface area (TPSA) is 79.9 Å². The summed E-state index contributed by atoms with van der Waals surface area (Å²) < 4.78 is 11.5. The minimum Gasteiger partial charge on any atom is -0.490 e. The lowest BCUT2D eigenvalue weighted by Crippen LogP contribution is -2.38. The Labute approximate surface area is 164 Å². The highest BCUT2D eigenvalue weighted by atomic mass is 16.5. The first kappa shape index (κ1) is 19.5. The molecule has 2 aromatic rings. The van der Waals surface area contributed by atoms with Crippen LogP contribution in [0.25, 0.3) is 0 Å². The number of hydrogen-bond acceptors (Lipinski definition) is 5. The van der Waals surface area contributed by atoms with Crippen LogP contribution in [0.4, 0.5) is 5.69 Å². The molecule has 2 aromatic carbocycles. The van der Waals surface area contributed by atoms with E-state index in [0.717, 1.165) is 11.3 Å². The van der Waals surface area contributed by atoms with E-state index in [9.17, 15) is 9.59 Å². The normalized spacial score (nSPS) is 16.3. The summed E-state index contributed by atoms with van der Waals surface area (Å²) in [5, 5.41) is 6.26. The molecule has 0 saturated heterocycles. The fraction of sp³-hybridized carbons (Fsp3) is 0.333. The van der Waals surface area contributed by atoms with Crippen LogP contribution < -0.4 is 20.1 Å². The number of nitrogens with zero attached hydrogens (tertiary/aromatic N) is 1. The average molecular weight is 383 g/mol. The third kappa shape index (κ3) is 4.03. The predicted octanol–water partition coefficient (Wildman–Crippen LogP) is 2.79. The van der Waals surface area contributed by atoms with E-state index in [4.69, 9.17) is 9.47 Å². The third-order valence-electron chi connectivity index (χ3n) is 4.44. The highest BCUT2D eigenvalue weighted by Crippen LogP contribution is 2.33. The molecule has 2 atom stereocenters. The number of nitrogens with one attached hydrogen (secondary N) is 2. The maximum absolute atomic E-state index is 12.4. The smallest absolute Gasteiger partial charge is 0.262 e. The quantitative estimate of drug-likeness (QED) is 0.802. The van der Waals surface area contributed by atoms with Crippen molar-refractivity contribution in [2.75, 3.05) is 26.0 Å². The van der Waals surface area contributed by atoms with Gasteiger partial charge in [0.05, 0.1) is 12.2 Å². The second-order valence-corrected chi connectivity index (χ2v) is 6.73. The summed E-state index contributed by atoms with van der Waals surface area (Å²) in [5.41, 5.74) is 2.21.